The number of pyridine rings is 1. The van der Waals surface area contributed by atoms with Crippen molar-refractivity contribution in [3.05, 3.63) is 65.7 Å². The number of rotatable bonds is 7. The van der Waals surface area contributed by atoms with Crippen LogP contribution in [0.4, 0.5) is 0 Å². The average Bonchev–Trinajstić information content (AvgIpc) is 3.17. The average molecular weight is 383 g/mol. The second kappa shape index (κ2) is 8.64. The number of hydrogen-bond acceptors (Lipinski definition) is 5. The normalized spacial score (nSPS) is 12.3. The molecule has 138 valence electrons. The van der Waals surface area contributed by atoms with E-state index in [-0.39, 0.29) is 11.7 Å². The highest BCUT2D eigenvalue weighted by Gasteiger charge is 2.08. The van der Waals surface area contributed by atoms with Crippen LogP contribution in [-0.2, 0) is 4.79 Å². The van der Waals surface area contributed by atoms with E-state index < -0.39 is 0 Å². The standard InChI is InChI=1S/C21H19ClN2O3/c1-14(9-15(2)25)3-4-16-5-8-21(23-11-16)27-20-7-6-17(10-19(20)22)18-12-24-26-13-18/h3-8,10-14H,9H2,1-2H3/b4-3+/t14-/m0/s1. The molecule has 0 amide bonds. The zero-order valence-corrected chi connectivity index (χ0v) is 15.8. The van der Waals surface area contributed by atoms with Crippen molar-refractivity contribution in [1.29, 1.82) is 0 Å². The molecule has 0 aliphatic carbocycles. The molecule has 2 heterocycles. The van der Waals surface area contributed by atoms with Crippen molar-refractivity contribution in [3.63, 3.8) is 0 Å². The van der Waals surface area contributed by atoms with Gasteiger partial charge in [0.25, 0.3) is 0 Å². The molecule has 0 N–H and O–H groups in total. The number of carbonyl (C=O) groups is 1. The fraction of sp³-hybridized carbons (Fsp3) is 0.190. The maximum Gasteiger partial charge on any atom is 0.219 e. The fourth-order valence-electron chi connectivity index (χ4n) is 2.57. The highest BCUT2D eigenvalue weighted by molar-refractivity contribution is 6.32. The Bertz CT molecular complexity index is 935. The number of benzene rings is 1. The summed E-state index contributed by atoms with van der Waals surface area (Å²) in [7, 11) is 0. The molecule has 0 aliphatic rings. The van der Waals surface area contributed by atoms with Gasteiger partial charge in [0, 0.05) is 24.2 Å². The van der Waals surface area contributed by atoms with Crippen molar-refractivity contribution < 1.29 is 14.1 Å². The van der Waals surface area contributed by atoms with E-state index >= 15 is 0 Å². The topological polar surface area (TPSA) is 65.2 Å². The Morgan fingerprint density at radius 3 is 2.74 bits per heavy atom. The minimum absolute atomic E-state index is 0.181. The lowest BCUT2D eigenvalue weighted by atomic mass is 10.0. The van der Waals surface area contributed by atoms with Crippen LogP contribution in [0.15, 0.2) is 59.6 Å². The van der Waals surface area contributed by atoms with Crippen LogP contribution in [0, 0.1) is 5.92 Å². The Balaban J connectivity index is 1.66. The number of ether oxygens (including phenoxy) is 1. The van der Waals surface area contributed by atoms with Crippen LogP contribution in [0.25, 0.3) is 17.2 Å². The summed E-state index contributed by atoms with van der Waals surface area (Å²) in [6, 6.07) is 9.13. The maximum atomic E-state index is 11.1. The molecule has 0 aliphatic heterocycles. The van der Waals surface area contributed by atoms with Gasteiger partial charge in [-0.05, 0) is 42.2 Å². The Labute approximate surface area is 162 Å². The lowest BCUT2D eigenvalue weighted by molar-refractivity contribution is -0.117. The lowest BCUT2D eigenvalue weighted by Gasteiger charge is -2.08. The molecule has 27 heavy (non-hydrogen) atoms. The first-order valence-electron chi connectivity index (χ1n) is 8.52. The zero-order valence-electron chi connectivity index (χ0n) is 15.1. The molecular weight excluding hydrogens is 364 g/mol. The molecule has 0 saturated carbocycles. The largest absolute Gasteiger partial charge is 0.437 e. The van der Waals surface area contributed by atoms with Gasteiger partial charge in [0.15, 0.2) is 0 Å². The highest BCUT2D eigenvalue weighted by atomic mass is 35.5. The monoisotopic (exact) mass is 382 g/mol. The van der Waals surface area contributed by atoms with Gasteiger partial charge in [-0.25, -0.2) is 4.98 Å². The first kappa shape index (κ1) is 18.9. The quantitative estimate of drug-likeness (QED) is 0.515. The summed E-state index contributed by atoms with van der Waals surface area (Å²) < 4.78 is 10.6. The molecule has 0 fully saturated rings. The molecule has 1 atom stereocenters. The minimum Gasteiger partial charge on any atom is -0.437 e. The van der Waals surface area contributed by atoms with Crippen molar-refractivity contribution in [3.8, 4) is 22.8 Å². The van der Waals surface area contributed by atoms with Gasteiger partial charge in [0.1, 0.15) is 17.8 Å². The summed E-state index contributed by atoms with van der Waals surface area (Å²) in [4.78, 5) is 15.4. The fourth-order valence-corrected chi connectivity index (χ4v) is 2.79. The number of nitrogens with zero attached hydrogens (tertiary/aromatic N) is 2. The van der Waals surface area contributed by atoms with Gasteiger partial charge in [0.2, 0.25) is 5.88 Å². The SMILES string of the molecule is CC(=O)C[C@@H](C)/C=C/c1ccc(Oc2ccc(-c3cnoc3)cc2Cl)nc1. The molecule has 0 spiro atoms. The summed E-state index contributed by atoms with van der Waals surface area (Å²) in [5.41, 5.74) is 2.67. The Hall–Kier alpha value is -2.92. The van der Waals surface area contributed by atoms with E-state index in [9.17, 15) is 4.79 Å². The van der Waals surface area contributed by atoms with E-state index in [4.69, 9.17) is 20.9 Å². The highest BCUT2D eigenvalue weighted by Crippen LogP contribution is 2.32. The summed E-state index contributed by atoms with van der Waals surface area (Å²) in [6.45, 7) is 3.61. The molecular formula is C21H19ClN2O3. The number of allylic oxidation sites excluding steroid dienone is 1. The van der Waals surface area contributed by atoms with Gasteiger partial charge in [-0.2, -0.15) is 0 Å². The van der Waals surface area contributed by atoms with Crippen LogP contribution in [-0.4, -0.2) is 15.9 Å². The number of Topliss-reactive ketones (excluding diaryl/α,β-unsaturated/α-hetero) is 1. The van der Waals surface area contributed by atoms with E-state index in [1.165, 1.54) is 0 Å². The first-order valence-corrected chi connectivity index (χ1v) is 8.90. The van der Waals surface area contributed by atoms with Gasteiger partial charge in [-0.15, -0.1) is 0 Å². The third-order valence-corrected chi connectivity index (χ3v) is 4.19. The van der Waals surface area contributed by atoms with E-state index in [0.717, 1.165) is 16.7 Å². The number of aromatic nitrogens is 2. The predicted octanol–water partition coefficient (Wildman–Crippen LogP) is 5.81. The molecule has 3 aromatic rings. The number of ketones is 1. The second-order valence-corrected chi connectivity index (χ2v) is 6.74. The van der Waals surface area contributed by atoms with Crippen LogP contribution in [0.3, 0.4) is 0 Å². The molecule has 0 unspecified atom stereocenters. The summed E-state index contributed by atoms with van der Waals surface area (Å²) in [6.07, 6.45) is 9.37. The van der Waals surface area contributed by atoms with Crippen LogP contribution in [0.5, 0.6) is 11.6 Å². The first-order chi connectivity index (χ1) is 13.0. The molecule has 3 rings (SSSR count). The lowest BCUT2D eigenvalue weighted by Crippen LogP contribution is -1.97. The zero-order chi connectivity index (χ0) is 19.2. The molecule has 5 nitrogen and oxygen atoms in total. The van der Waals surface area contributed by atoms with E-state index in [1.54, 1.807) is 43.8 Å². The van der Waals surface area contributed by atoms with Gasteiger partial charge in [-0.3, -0.25) is 0 Å². The summed E-state index contributed by atoms with van der Waals surface area (Å²) in [5.74, 6) is 1.34. The van der Waals surface area contributed by atoms with Crippen molar-refractivity contribution in [2.75, 3.05) is 0 Å². The van der Waals surface area contributed by atoms with Crippen LogP contribution >= 0.6 is 11.6 Å². The molecule has 2 aromatic heterocycles. The summed E-state index contributed by atoms with van der Waals surface area (Å²) in [5, 5.41) is 4.15. The van der Waals surface area contributed by atoms with E-state index in [1.807, 2.05) is 31.2 Å². The smallest absolute Gasteiger partial charge is 0.219 e. The Kier molecular flexibility index (Phi) is 6.04. The van der Waals surface area contributed by atoms with Crippen molar-refractivity contribution in [1.82, 2.24) is 10.1 Å². The van der Waals surface area contributed by atoms with Crippen LogP contribution < -0.4 is 4.74 Å². The Morgan fingerprint density at radius 1 is 1.26 bits per heavy atom. The third-order valence-electron chi connectivity index (χ3n) is 3.90. The second-order valence-electron chi connectivity index (χ2n) is 6.33. The molecule has 0 radical (unpaired) electrons. The number of carbonyl (C=O) groups excluding carboxylic acids is 1. The number of hydrogen-bond donors (Lipinski definition) is 0. The maximum absolute atomic E-state index is 11.1. The molecule has 0 bridgehead atoms. The number of halogens is 1. The van der Waals surface area contributed by atoms with Crippen molar-refractivity contribution in [2.45, 2.75) is 20.3 Å². The van der Waals surface area contributed by atoms with Gasteiger partial charge >= 0.3 is 0 Å². The van der Waals surface area contributed by atoms with Gasteiger partial charge in [-0.1, -0.05) is 41.9 Å². The Morgan fingerprint density at radius 2 is 2.11 bits per heavy atom. The predicted molar refractivity (Wildman–Crippen MR) is 105 cm³/mol. The van der Waals surface area contributed by atoms with Crippen molar-refractivity contribution >= 4 is 23.5 Å². The minimum atomic E-state index is 0.181. The van der Waals surface area contributed by atoms with Crippen LogP contribution in [0.2, 0.25) is 5.02 Å². The molecule has 1 aromatic carbocycles. The van der Waals surface area contributed by atoms with Gasteiger partial charge in [0.05, 0.1) is 11.2 Å². The molecule has 0 saturated heterocycles. The van der Waals surface area contributed by atoms with Crippen molar-refractivity contribution in [2.24, 2.45) is 5.92 Å². The third kappa shape index (κ3) is 5.28. The van der Waals surface area contributed by atoms with Gasteiger partial charge < -0.3 is 14.1 Å². The van der Waals surface area contributed by atoms with E-state index in [2.05, 4.69) is 10.1 Å². The molecule has 6 heteroatoms. The van der Waals surface area contributed by atoms with E-state index in [0.29, 0.717) is 23.1 Å². The van der Waals surface area contributed by atoms with Crippen LogP contribution in [0.1, 0.15) is 25.8 Å². The summed E-state index contributed by atoms with van der Waals surface area (Å²) >= 11 is 6.31.